The van der Waals surface area contributed by atoms with Crippen molar-refractivity contribution < 1.29 is 18.0 Å². The second-order valence-corrected chi connectivity index (χ2v) is 10.6. The zero-order chi connectivity index (χ0) is 23.2. The Hall–Kier alpha value is -3.46. The van der Waals surface area contributed by atoms with E-state index >= 15 is 0 Å². The van der Waals surface area contributed by atoms with Crippen LogP contribution in [0.3, 0.4) is 0 Å². The van der Waals surface area contributed by atoms with Gasteiger partial charge in [0.25, 0.3) is 0 Å². The number of para-hydroxylation sites is 1. The van der Waals surface area contributed by atoms with Crippen LogP contribution in [0.1, 0.15) is 37.2 Å². The molecular formula is C24H24N4O4S. The van der Waals surface area contributed by atoms with Crippen molar-refractivity contribution >= 4 is 38.7 Å². The number of sulfone groups is 1. The highest BCUT2D eigenvalue weighted by molar-refractivity contribution is 7.92. The molecule has 1 aliphatic carbocycles. The maximum absolute atomic E-state index is 13.3. The predicted molar refractivity (Wildman–Crippen MR) is 123 cm³/mol. The highest BCUT2D eigenvalue weighted by Gasteiger charge is 2.33. The average Bonchev–Trinajstić information content (AvgIpc) is 3.39. The first-order valence-electron chi connectivity index (χ1n) is 10.9. The van der Waals surface area contributed by atoms with Crippen LogP contribution >= 0.6 is 0 Å². The van der Waals surface area contributed by atoms with Crippen LogP contribution in [-0.4, -0.2) is 29.9 Å². The summed E-state index contributed by atoms with van der Waals surface area (Å²) in [6.45, 7) is 0. The number of amides is 1. The van der Waals surface area contributed by atoms with Gasteiger partial charge in [0.15, 0.2) is 5.82 Å². The summed E-state index contributed by atoms with van der Waals surface area (Å²) in [5, 5.41) is 10.3. The van der Waals surface area contributed by atoms with E-state index in [1.807, 2.05) is 0 Å². The van der Waals surface area contributed by atoms with Crippen LogP contribution in [0.2, 0.25) is 0 Å². The number of ketones is 1. The van der Waals surface area contributed by atoms with E-state index in [0.717, 1.165) is 6.42 Å². The summed E-state index contributed by atoms with van der Waals surface area (Å²) in [5.74, 6) is 0.00802. The fraction of sp³-hybridized carbons (Fsp3) is 0.292. The van der Waals surface area contributed by atoms with E-state index in [-0.39, 0.29) is 27.4 Å². The van der Waals surface area contributed by atoms with Crippen molar-refractivity contribution in [3.63, 3.8) is 0 Å². The van der Waals surface area contributed by atoms with Crippen LogP contribution < -0.4 is 10.6 Å². The number of benzene rings is 2. The van der Waals surface area contributed by atoms with Crippen molar-refractivity contribution in [2.45, 2.75) is 41.4 Å². The Morgan fingerprint density at radius 2 is 1.97 bits per heavy atom. The molecule has 1 amide bonds. The van der Waals surface area contributed by atoms with E-state index in [1.54, 1.807) is 66.5 Å². The molecule has 3 aromatic rings. The number of hydrogen-bond acceptors (Lipinski definition) is 6. The molecule has 1 fully saturated rings. The number of rotatable bonds is 5. The van der Waals surface area contributed by atoms with E-state index in [1.165, 1.54) is 0 Å². The molecule has 33 heavy (non-hydrogen) atoms. The lowest BCUT2D eigenvalue weighted by Gasteiger charge is -2.25. The highest BCUT2D eigenvalue weighted by Crippen LogP contribution is 2.41. The minimum Gasteiger partial charge on any atom is -0.353 e. The third kappa shape index (κ3) is 4.04. The molecule has 2 aliphatic rings. The van der Waals surface area contributed by atoms with Gasteiger partial charge in [-0.15, -0.1) is 0 Å². The van der Waals surface area contributed by atoms with E-state index in [4.69, 9.17) is 0 Å². The Morgan fingerprint density at radius 3 is 2.70 bits per heavy atom. The van der Waals surface area contributed by atoms with Gasteiger partial charge in [0.05, 0.1) is 27.1 Å². The number of fused-ring (bicyclic) bond motifs is 2. The number of nitrogens with one attached hydrogen (secondary N) is 2. The van der Waals surface area contributed by atoms with Crippen molar-refractivity contribution in [2.24, 2.45) is 13.0 Å². The lowest BCUT2D eigenvalue weighted by Crippen LogP contribution is -2.24. The molecule has 1 aliphatic heterocycles. The molecule has 2 aromatic carbocycles. The van der Waals surface area contributed by atoms with Crippen LogP contribution in [0.15, 0.2) is 64.5 Å². The van der Waals surface area contributed by atoms with Gasteiger partial charge in [0.1, 0.15) is 5.78 Å². The summed E-state index contributed by atoms with van der Waals surface area (Å²) in [6, 6.07) is 13.5. The van der Waals surface area contributed by atoms with Crippen molar-refractivity contribution in [2.75, 3.05) is 10.6 Å². The van der Waals surface area contributed by atoms with Crippen molar-refractivity contribution in [1.82, 2.24) is 9.78 Å². The molecular weight excluding hydrogens is 440 g/mol. The van der Waals surface area contributed by atoms with E-state index < -0.39 is 15.8 Å². The fourth-order valence-electron chi connectivity index (χ4n) is 4.68. The van der Waals surface area contributed by atoms with Crippen molar-refractivity contribution in [3.05, 3.63) is 60.3 Å². The first-order chi connectivity index (χ1) is 15.8. The van der Waals surface area contributed by atoms with Gasteiger partial charge in [-0.25, -0.2) is 8.42 Å². The first-order valence-corrected chi connectivity index (χ1v) is 12.4. The number of carbonyl (C=O) groups excluding carboxylic acids is 2. The third-order valence-electron chi connectivity index (χ3n) is 6.34. The molecule has 1 aromatic heterocycles. The topological polar surface area (TPSA) is 110 Å². The molecule has 9 heteroatoms. The van der Waals surface area contributed by atoms with Gasteiger partial charge >= 0.3 is 0 Å². The maximum Gasteiger partial charge on any atom is 0.233 e. The van der Waals surface area contributed by atoms with Gasteiger partial charge in [0, 0.05) is 32.2 Å². The van der Waals surface area contributed by atoms with Gasteiger partial charge in [0.2, 0.25) is 15.7 Å². The zero-order valence-electron chi connectivity index (χ0n) is 18.1. The molecule has 2 atom stereocenters. The lowest BCUT2D eigenvalue weighted by molar-refractivity contribution is -0.119. The van der Waals surface area contributed by atoms with Crippen LogP contribution in [0.5, 0.6) is 0 Å². The summed E-state index contributed by atoms with van der Waals surface area (Å²) in [7, 11) is -1.89. The van der Waals surface area contributed by atoms with E-state index in [2.05, 4.69) is 15.7 Å². The second-order valence-electron chi connectivity index (χ2n) is 8.68. The number of hydrogen-bond donors (Lipinski definition) is 2. The highest BCUT2D eigenvalue weighted by atomic mass is 32.2. The quantitative estimate of drug-likeness (QED) is 0.465. The van der Waals surface area contributed by atoms with Gasteiger partial charge in [-0.3, -0.25) is 14.3 Å². The average molecular weight is 465 g/mol. The number of anilines is 3. The molecule has 0 bridgehead atoms. The molecule has 8 nitrogen and oxygen atoms in total. The monoisotopic (exact) mass is 464 g/mol. The van der Waals surface area contributed by atoms with Gasteiger partial charge < -0.3 is 10.6 Å². The summed E-state index contributed by atoms with van der Waals surface area (Å²) in [6.07, 6.45) is 4.02. The minimum atomic E-state index is -3.66. The Kier molecular flexibility index (Phi) is 5.28. The molecule has 0 spiro atoms. The molecule has 170 valence electrons. The van der Waals surface area contributed by atoms with Crippen LogP contribution in [0, 0.1) is 5.92 Å². The molecule has 0 saturated heterocycles. The fourth-order valence-corrected chi connectivity index (χ4v) is 6.23. The Labute approximate surface area is 191 Å². The SMILES string of the molecule is Cn1ccc(NC(=O)[C@H](CC2CCC(=O)C2)c2ccc3c(c2)Nc2ccccc2S3(=O)=O)n1. The van der Waals surface area contributed by atoms with Gasteiger partial charge in [-0.1, -0.05) is 18.2 Å². The molecule has 0 radical (unpaired) electrons. The zero-order valence-corrected chi connectivity index (χ0v) is 18.9. The summed E-state index contributed by atoms with van der Waals surface area (Å²) in [4.78, 5) is 25.5. The van der Waals surface area contributed by atoms with Crippen LogP contribution in [0.25, 0.3) is 0 Å². The normalized spacial score (nSPS) is 19.3. The number of carbonyl (C=O) groups is 2. The van der Waals surface area contributed by atoms with Crippen LogP contribution in [0.4, 0.5) is 17.2 Å². The standard InChI is InChI=1S/C24H24N4O4S/c1-28-11-10-23(27-28)26-24(30)18(13-15-6-8-17(29)12-15)16-7-9-22-20(14-16)25-19-4-2-3-5-21(19)33(22,31)32/h2-5,7,9-11,14-15,18,25H,6,8,12-13H2,1H3,(H,26,27,30)/t15?,18-/m1/s1. The Morgan fingerprint density at radius 1 is 1.18 bits per heavy atom. The van der Waals surface area contributed by atoms with E-state index in [9.17, 15) is 18.0 Å². The summed E-state index contributed by atoms with van der Waals surface area (Å²) >= 11 is 0. The molecule has 2 heterocycles. The number of aryl methyl sites for hydroxylation is 1. The summed E-state index contributed by atoms with van der Waals surface area (Å²) < 4.78 is 27.8. The largest absolute Gasteiger partial charge is 0.353 e. The predicted octanol–water partition coefficient (Wildman–Crippen LogP) is 3.79. The number of aromatic nitrogens is 2. The molecule has 1 saturated carbocycles. The lowest BCUT2D eigenvalue weighted by atomic mass is 9.87. The van der Waals surface area contributed by atoms with Crippen molar-refractivity contribution in [3.8, 4) is 0 Å². The molecule has 2 N–H and O–H groups in total. The second kappa shape index (κ2) is 8.15. The van der Waals surface area contributed by atoms with Gasteiger partial charge in [-0.05, 0) is 48.6 Å². The first kappa shape index (κ1) is 21.4. The molecule has 5 rings (SSSR count). The van der Waals surface area contributed by atoms with Crippen LogP contribution in [-0.2, 0) is 26.5 Å². The van der Waals surface area contributed by atoms with Crippen molar-refractivity contribution in [1.29, 1.82) is 0 Å². The Balaban J connectivity index is 1.50. The Bertz CT molecular complexity index is 1360. The third-order valence-corrected chi connectivity index (χ3v) is 8.21. The summed E-state index contributed by atoms with van der Waals surface area (Å²) in [5.41, 5.74) is 1.66. The molecule has 1 unspecified atom stereocenters. The number of nitrogens with zero attached hydrogens (tertiary/aromatic N) is 2. The van der Waals surface area contributed by atoms with E-state index in [0.29, 0.717) is 42.0 Å². The van der Waals surface area contributed by atoms with Gasteiger partial charge in [-0.2, -0.15) is 5.10 Å². The minimum absolute atomic E-state index is 0.116. The maximum atomic E-state index is 13.3. The smallest absolute Gasteiger partial charge is 0.233 e. The number of Topliss-reactive ketones (excluding diaryl/α,β-unsaturated/α-hetero) is 1.